The predicted molar refractivity (Wildman–Crippen MR) is 72.4 cm³/mol. The topological polar surface area (TPSA) is 47.0 Å². The van der Waals surface area contributed by atoms with E-state index in [0.717, 1.165) is 11.3 Å². The third-order valence-corrected chi connectivity index (χ3v) is 4.59. The summed E-state index contributed by atoms with van der Waals surface area (Å²) < 4.78 is 23.3. The number of nitrogens with zero attached hydrogens (tertiary/aromatic N) is 1. The molecule has 2 rings (SSSR count). The number of hydrogen-bond acceptors (Lipinski definition) is 3. The molecule has 0 bridgehead atoms. The molecule has 94 valence electrons. The van der Waals surface area contributed by atoms with E-state index in [1.54, 1.807) is 49.5 Å². The van der Waals surface area contributed by atoms with Gasteiger partial charge in [0, 0.05) is 11.8 Å². The van der Waals surface area contributed by atoms with Gasteiger partial charge in [-0.15, -0.1) is 0 Å². The van der Waals surface area contributed by atoms with Crippen molar-refractivity contribution < 1.29 is 8.42 Å². The normalized spacial score (nSPS) is 11.4. The summed E-state index contributed by atoms with van der Waals surface area (Å²) in [7, 11) is -3.15. The Labute approximate surface area is 111 Å². The van der Waals surface area contributed by atoms with Crippen molar-refractivity contribution in [1.82, 2.24) is 4.98 Å². The largest absolute Gasteiger partial charge is 0.255 e. The molecular formula is C13H12ClNO2S. The van der Waals surface area contributed by atoms with Crippen LogP contribution < -0.4 is 0 Å². The van der Waals surface area contributed by atoms with Gasteiger partial charge in [-0.25, -0.2) is 8.42 Å². The molecule has 1 aromatic carbocycles. The number of benzene rings is 1. The van der Waals surface area contributed by atoms with Crippen LogP contribution in [0.5, 0.6) is 0 Å². The fourth-order valence-electron chi connectivity index (χ4n) is 1.55. The van der Waals surface area contributed by atoms with Gasteiger partial charge in [0.25, 0.3) is 0 Å². The van der Waals surface area contributed by atoms with Crippen LogP contribution in [0, 0.1) is 0 Å². The van der Waals surface area contributed by atoms with Gasteiger partial charge in [0.15, 0.2) is 9.84 Å². The van der Waals surface area contributed by atoms with Crippen molar-refractivity contribution in [1.29, 1.82) is 0 Å². The lowest BCUT2D eigenvalue weighted by molar-refractivity contribution is 0.597. The lowest BCUT2D eigenvalue weighted by Gasteiger charge is -2.04. The van der Waals surface area contributed by atoms with Gasteiger partial charge >= 0.3 is 0 Å². The van der Waals surface area contributed by atoms with Crippen molar-refractivity contribution in [2.75, 3.05) is 5.75 Å². The van der Waals surface area contributed by atoms with Crippen LogP contribution in [-0.4, -0.2) is 19.2 Å². The molecule has 0 amide bonds. The van der Waals surface area contributed by atoms with E-state index in [-0.39, 0.29) is 5.75 Å². The summed E-state index contributed by atoms with van der Waals surface area (Å²) in [5.74, 6) is 0.103. The zero-order chi connectivity index (χ0) is 13.2. The first-order valence-corrected chi connectivity index (χ1v) is 7.50. The van der Waals surface area contributed by atoms with Gasteiger partial charge in [0.05, 0.1) is 21.4 Å². The number of pyridine rings is 1. The molecular weight excluding hydrogens is 270 g/mol. The molecule has 0 fully saturated rings. The third-order valence-electron chi connectivity index (χ3n) is 2.62. The van der Waals surface area contributed by atoms with Crippen molar-refractivity contribution in [3.63, 3.8) is 0 Å². The van der Waals surface area contributed by atoms with E-state index >= 15 is 0 Å². The highest BCUT2D eigenvalue weighted by molar-refractivity contribution is 7.91. The Morgan fingerprint density at radius 2 is 1.78 bits per heavy atom. The highest BCUT2D eigenvalue weighted by atomic mass is 35.5. The molecule has 0 unspecified atom stereocenters. The number of rotatable bonds is 3. The van der Waals surface area contributed by atoms with Crippen LogP contribution in [-0.2, 0) is 9.84 Å². The maximum Gasteiger partial charge on any atom is 0.178 e. The molecule has 0 atom stereocenters. The first-order valence-electron chi connectivity index (χ1n) is 5.47. The van der Waals surface area contributed by atoms with Gasteiger partial charge in [-0.2, -0.15) is 0 Å². The highest BCUT2D eigenvalue weighted by Crippen LogP contribution is 2.21. The summed E-state index contributed by atoms with van der Waals surface area (Å²) in [5.41, 5.74) is 1.63. The van der Waals surface area contributed by atoms with E-state index < -0.39 is 9.84 Å². The minimum absolute atomic E-state index is 0.103. The van der Waals surface area contributed by atoms with Gasteiger partial charge in [-0.1, -0.05) is 30.7 Å². The lowest BCUT2D eigenvalue weighted by Crippen LogP contribution is -2.03. The molecule has 1 aromatic heterocycles. The first kappa shape index (κ1) is 13.1. The zero-order valence-corrected chi connectivity index (χ0v) is 11.4. The van der Waals surface area contributed by atoms with Crippen molar-refractivity contribution in [3.05, 3.63) is 47.6 Å². The van der Waals surface area contributed by atoms with Gasteiger partial charge < -0.3 is 0 Å². The van der Waals surface area contributed by atoms with Crippen molar-refractivity contribution in [2.45, 2.75) is 11.8 Å². The second-order valence-electron chi connectivity index (χ2n) is 3.79. The van der Waals surface area contributed by atoms with Crippen molar-refractivity contribution in [2.24, 2.45) is 0 Å². The molecule has 0 saturated carbocycles. The number of hydrogen-bond donors (Lipinski definition) is 0. The Kier molecular flexibility index (Phi) is 3.68. The van der Waals surface area contributed by atoms with E-state index in [1.165, 1.54) is 0 Å². The van der Waals surface area contributed by atoms with Crippen LogP contribution in [0.15, 0.2) is 47.5 Å². The van der Waals surface area contributed by atoms with Gasteiger partial charge in [-0.05, 0) is 24.3 Å². The summed E-state index contributed by atoms with van der Waals surface area (Å²) in [5, 5.41) is 0.573. The Balaban J connectivity index is 2.36. The molecule has 0 N–H and O–H groups in total. The standard InChI is InChI=1S/C13H12ClNO2S/c1-2-18(16,17)12-6-3-10(4-7-12)13-8-5-11(14)9-15-13/h3-9H,2H2,1H3. The molecule has 0 saturated heterocycles. The Morgan fingerprint density at radius 1 is 1.11 bits per heavy atom. The summed E-state index contributed by atoms with van der Waals surface area (Å²) in [4.78, 5) is 4.51. The van der Waals surface area contributed by atoms with E-state index in [1.807, 2.05) is 0 Å². The Morgan fingerprint density at radius 3 is 2.28 bits per heavy atom. The lowest BCUT2D eigenvalue weighted by atomic mass is 10.1. The summed E-state index contributed by atoms with van der Waals surface area (Å²) in [6, 6.07) is 10.2. The van der Waals surface area contributed by atoms with E-state index in [2.05, 4.69) is 4.98 Å². The smallest absolute Gasteiger partial charge is 0.178 e. The second kappa shape index (κ2) is 5.08. The first-order chi connectivity index (χ1) is 8.53. The molecule has 3 nitrogen and oxygen atoms in total. The maximum atomic E-state index is 11.7. The number of sulfone groups is 1. The quantitative estimate of drug-likeness (QED) is 0.868. The van der Waals surface area contributed by atoms with E-state index in [4.69, 9.17) is 11.6 Å². The van der Waals surface area contributed by atoms with Crippen LogP contribution in [0.1, 0.15) is 6.92 Å². The maximum absolute atomic E-state index is 11.7. The molecule has 1 heterocycles. The number of halogens is 1. The average molecular weight is 282 g/mol. The number of aromatic nitrogens is 1. The average Bonchev–Trinajstić information content (AvgIpc) is 2.40. The molecule has 0 aliphatic rings. The highest BCUT2D eigenvalue weighted by Gasteiger charge is 2.11. The van der Waals surface area contributed by atoms with Crippen LogP contribution >= 0.6 is 11.6 Å². The van der Waals surface area contributed by atoms with E-state index in [0.29, 0.717) is 9.92 Å². The second-order valence-corrected chi connectivity index (χ2v) is 6.50. The fourth-order valence-corrected chi connectivity index (χ4v) is 2.54. The third kappa shape index (κ3) is 2.71. The summed E-state index contributed by atoms with van der Waals surface area (Å²) in [6.07, 6.45) is 1.56. The van der Waals surface area contributed by atoms with Crippen molar-refractivity contribution >= 4 is 21.4 Å². The monoisotopic (exact) mass is 281 g/mol. The Hall–Kier alpha value is -1.39. The predicted octanol–water partition coefficient (Wildman–Crippen LogP) is 3.20. The van der Waals surface area contributed by atoms with Gasteiger partial charge in [0.1, 0.15) is 0 Å². The molecule has 5 heteroatoms. The molecule has 0 spiro atoms. The van der Waals surface area contributed by atoms with Gasteiger partial charge in [0.2, 0.25) is 0 Å². The minimum atomic E-state index is -3.15. The minimum Gasteiger partial charge on any atom is -0.255 e. The summed E-state index contributed by atoms with van der Waals surface area (Å²) in [6.45, 7) is 1.63. The fraction of sp³-hybridized carbons (Fsp3) is 0.154. The van der Waals surface area contributed by atoms with Crippen LogP contribution in [0.3, 0.4) is 0 Å². The Bertz CT molecular complexity index is 634. The van der Waals surface area contributed by atoms with Crippen LogP contribution in [0.25, 0.3) is 11.3 Å². The van der Waals surface area contributed by atoms with Crippen LogP contribution in [0.2, 0.25) is 5.02 Å². The summed E-state index contributed by atoms with van der Waals surface area (Å²) >= 11 is 5.76. The molecule has 0 aliphatic carbocycles. The zero-order valence-electron chi connectivity index (χ0n) is 9.80. The van der Waals surface area contributed by atoms with E-state index in [9.17, 15) is 8.42 Å². The molecule has 2 aromatic rings. The molecule has 0 radical (unpaired) electrons. The van der Waals surface area contributed by atoms with Gasteiger partial charge in [-0.3, -0.25) is 4.98 Å². The van der Waals surface area contributed by atoms with Crippen molar-refractivity contribution in [3.8, 4) is 11.3 Å². The molecule has 18 heavy (non-hydrogen) atoms. The molecule has 0 aliphatic heterocycles. The SMILES string of the molecule is CCS(=O)(=O)c1ccc(-c2ccc(Cl)cn2)cc1. The van der Waals surface area contributed by atoms with Crippen LogP contribution in [0.4, 0.5) is 0 Å².